The first-order valence-corrected chi connectivity index (χ1v) is 7.14. The van der Waals surface area contributed by atoms with Gasteiger partial charge in [0, 0.05) is 0 Å². The van der Waals surface area contributed by atoms with Gasteiger partial charge in [0.05, 0.1) is 16.6 Å². The summed E-state index contributed by atoms with van der Waals surface area (Å²) in [6, 6.07) is 5.81. The fourth-order valence-electron chi connectivity index (χ4n) is 1.53. The van der Waals surface area contributed by atoms with Gasteiger partial charge in [-0.15, -0.1) is 11.3 Å². The lowest BCUT2D eigenvalue weighted by Crippen LogP contribution is -2.20. The maximum absolute atomic E-state index is 11.0. The molecule has 0 bridgehead atoms. The maximum Gasteiger partial charge on any atom is 0.317 e. The van der Waals surface area contributed by atoms with Crippen LogP contribution in [0.5, 0.6) is 0 Å². The molecule has 0 amide bonds. The second-order valence-electron chi connectivity index (χ2n) is 3.99. The second-order valence-corrected chi connectivity index (χ2v) is 6.47. The smallest absolute Gasteiger partial charge is 0.317 e. The lowest BCUT2D eigenvalue weighted by Gasteiger charge is -2.06. The van der Waals surface area contributed by atoms with Crippen LogP contribution in [0.3, 0.4) is 0 Å². The highest BCUT2D eigenvalue weighted by atomic mass is 32.2. The minimum Gasteiger partial charge on any atom is -0.481 e. The molecule has 0 aliphatic heterocycles. The van der Waals surface area contributed by atoms with Crippen molar-refractivity contribution in [1.82, 2.24) is 4.98 Å². The summed E-state index contributed by atoms with van der Waals surface area (Å²) in [5, 5.41) is 16.7. The summed E-state index contributed by atoms with van der Waals surface area (Å²) in [6.07, 6.45) is -0.422. The van der Waals surface area contributed by atoms with Gasteiger partial charge < -0.3 is 10.2 Å². The lowest BCUT2D eigenvalue weighted by molar-refractivity contribution is -0.142. The molecule has 0 saturated carbocycles. The Hall–Kier alpha value is -1.60. The number of hydrogen-bond donors (Lipinski definition) is 2. The molecule has 0 aliphatic rings. The third-order valence-electron chi connectivity index (χ3n) is 2.40. The van der Waals surface area contributed by atoms with E-state index in [0.29, 0.717) is 4.34 Å². The van der Waals surface area contributed by atoms with Crippen molar-refractivity contribution >= 4 is 45.3 Å². The molecule has 0 fully saturated rings. The predicted octanol–water partition coefficient (Wildman–Crippen LogP) is 2.62. The highest BCUT2D eigenvalue weighted by Crippen LogP contribution is 2.33. The molecule has 0 spiro atoms. The van der Waals surface area contributed by atoms with Crippen molar-refractivity contribution in [3.63, 3.8) is 0 Å². The molecule has 1 unspecified atom stereocenters. The van der Waals surface area contributed by atoms with Crippen molar-refractivity contribution in [1.29, 1.82) is 0 Å². The normalized spacial score (nSPS) is 12.5. The Bertz CT molecular complexity index is 638. The van der Waals surface area contributed by atoms with E-state index < -0.39 is 23.6 Å². The summed E-state index contributed by atoms with van der Waals surface area (Å²) >= 11 is 2.36. The van der Waals surface area contributed by atoms with Gasteiger partial charge in [0.1, 0.15) is 5.25 Å². The molecule has 1 heterocycles. The summed E-state index contributed by atoms with van der Waals surface area (Å²) in [6.45, 7) is 1.95. The van der Waals surface area contributed by atoms with Gasteiger partial charge in [0.25, 0.3) is 0 Å². The van der Waals surface area contributed by atoms with Crippen LogP contribution in [0.1, 0.15) is 12.0 Å². The average molecular weight is 297 g/mol. The molecule has 0 aliphatic carbocycles. The van der Waals surface area contributed by atoms with E-state index in [-0.39, 0.29) is 0 Å². The highest BCUT2D eigenvalue weighted by Gasteiger charge is 2.23. The van der Waals surface area contributed by atoms with Gasteiger partial charge in [0.2, 0.25) is 0 Å². The van der Waals surface area contributed by atoms with Crippen LogP contribution in [-0.4, -0.2) is 32.4 Å². The second kappa shape index (κ2) is 5.58. The number of thiazole rings is 1. The van der Waals surface area contributed by atoms with Crippen LogP contribution in [0.15, 0.2) is 22.5 Å². The van der Waals surface area contributed by atoms with Crippen LogP contribution >= 0.6 is 23.1 Å². The zero-order valence-electron chi connectivity index (χ0n) is 9.99. The van der Waals surface area contributed by atoms with E-state index in [1.807, 2.05) is 25.1 Å². The largest absolute Gasteiger partial charge is 0.481 e. The number of carboxylic acid groups (broad SMARTS) is 2. The predicted molar refractivity (Wildman–Crippen MR) is 73.9 cm³/mol. The Labute approximate surface area is 117 Å². The number of aromatic nitrogens is 1. The fourth-order valence-corrected chi connectivity index (χ4v) is 3.74. The van der Waals surface area contributed by atoms with Crippen molar-refractivity contribution in [3.05, 3.63) is 23.8 Å². The fraction of sp³-hybridized carbons (Fsp3) is 0.250. The molecule has 5 nitrogen and oxygen atoms in total. The average Bonchev–Trinajstić information content (AvgIpc) is 2.68. The van der Waals surface area contributed by atoms with Crippen LogP contribution in [0, 0.1) is 6.92 Å². The van der Waals surface area contributed by atoms with E-state index in [2.05, 4.69) is 4.98 Å². The first-order chi connectivity index (χ1) is 8.95. The van der Waals surface area contributed by atoms with Crippen molar-refractivity contribution in [3.8, 4) is 0 Å². The van der Waals surface area contributed by atoms with E-state index in [4.69, 9.17) is 10.2 Å². The Morgan fingerprint density at radius 1 is 1.42 bits per heavy atom. The van der Waals surface area contributed by atoms with E-state index in [0.717, 1.165) is 27.5 Å². The highest BCUT2D eigenvalue weighted by molar-refractivity contribution is 8.02. The minimum absolute atomic E-state index is 0.422. The monoisotopic (exact) mass is 297 g/mol. The molecule has 7 heteroatoms. The summed E-state index contributed by atoms with van der Waals surface area (Å²) in [5.74, 6) is -2.26. The number of thioether (sulfide) groups is 1. The number of carbonyl (C=O) groups is 2. The first kappa shape index (κ1) is 13.8. The standard InChI is InChI=1S/C12H11NO4S2/c1-6-2-3-8-7(4-6)13-12(18-8)19-9(11(16)17)5-10(14)15/h2-4,9H,5H2,1H3,(H,14,15)(H,16,17). The van der Waals surface area contributed by atoms with E-state index in [9.17, 15) is 9.59 Å². The van der Waals surface area contributed by atoms with E-state index in [1.54, 1.807) is 0 Å². The molecule has 0 radical (unpaired) electrons. The van der Waals surface area contributed by atoms with Gasteiger partial charge in [-0.05, 0) is 24.6 Å². The number of carboxylic acids is 2. The van der Waals surface area contributed by atoms with Gasteiger partial charge in [-0.2, -0.15) is 0 Å². The molecule has 1 aromatic heterocycles. The van der Waals surface area contributed by atoms with E-state index >= 15 is 0 Å². The number of rotatable bonds is 5. The third-order valence-corrected chi connectivity index (χ3v) is 4.72. The topological polar surface area (TPSA) is 87.5 Å². The molecule has 2 aromatic rings. The van der Waals surface area contributed by atoms with Crippen LogP contribution in [0.2, 0.25) is 0 Å². The summed E-state index contributed by atoms with van der Waals surface area (Å²) in [4.78, 5) is 26.0. The molecule has 19 heavy (non-hydrogen) atoms. The van der Waals surface area contributed by atoms with Crippen molar-refractivity contribution in [2.24, 2.45) is 0 Å². The zero-order chi connectivity index (χ0) is 14.0. The summed E-state index contributed by atoms with van der Waals surface area (Å²) < 4.78 is 1.54. The van der Waals surface area contributed by atoms with Gasteiger partial charge in [-0.3, -0.25) is 9.59 Å². The molecule has 1 atom stereocenters. The lowest BCUT2D eigenvalue weighted by atomic mass is 10.2. The first-order valence-electron chi connectivity index (χ1n) is 5.44. The Morgan fingerprint density at radius 2 is 2.16 bits per heavy atom. The van der Waals surface area contributed by atoms with Gasteiger partial charge in [0.15, 0.2) is 4.34 Å². The number of aryl methyl sites for hydroxylation is 1. The molecular weight excluding hydrogens is 286 g/mol. The molecule has 1 aromatic carbocycles. The Morgan fingerprint density at radius 3 is 2.79 bits per heavy atom. The number of hydrogen-bond acceptors (Lipinski definition) is 5. The van der Waals surface area contributed by atoms with Gasteiger partial charge in [-0.25, -0.2) is 4.98 Å². The molecular formula is C12H11NO4S2. The number of aliphatic carboxylic acids is 2. The zero-order valence-corrected chi connectivity index (χ0v) is 11.6. The van der Waals surface area contributed by atoms with Crippen LogP contribution in [0.4, 0.5) is 0 Å². The third kappa shape index (κ3) is 3.45. The Kier molecular flexibility index (Phi) is 4.06. The molecule has 0 saturated heterocycles. The minimum atomic E-state index is -1.14. The number of nitrogens with zero attached hydrogens (tertiary/aromatic N) is 1. The summed E-state index contributed by atoms with van der Waals surface area (Å²) in [5.41, 5.74) is 1.89. The summed E-state index contributed by atoms with van der Waals surface area (Å²) in [7, 11) is 0. The van der Waals surface area contributed by atoms with Crippen molar-refractivity contribution < 1.29 is 19.8 Å². The Balaban J connectivity index is 2.23. The molecule has 100 valence electrons. The molecule has 2 N–H and O–H groups in total. The van der Waals surface area contributed by atoms with E-state index in [1.165, 1.54) is 11.3 Å². The van der Waals surface area contributed by atoms with Crippen molar-refractivity contribution in [2.45, 2.75) is 22.9 Å². The number of benzene rings is 1. The number of fused-ring (bicyclic) bond motifs is 1. The van der Waals surface area contributed by atoms with Gasteiger partial charge in [-0.1, -0.05) is 17.8 Å². The molecule has 2 rings (SSSR count). The van der Waals surface area contributed by atoms with Crippen LogP contribution in [-0.2, 0) is 9.59 Å². The maximum atomic E-state index is 11.0. The van der Waals surface area contributed by atoms with Crippen LogP contribution in [0.25, 0.3) is 10.2 Å². The quantitative estimate of drug-likeness (QED) is 0.825. The van der Waals surface area contributed by atoms with Gasteiger partial charge >= 0.3 is 11.9 Å². The SMILES string of the molecule is Cc1ccc2sc(SC(CC(=O)O)C(=O)O)nc2c1. The van der Waals surface area contributed by atoms with Crippen molar-refractivity contribution in [2.75, 3.05) is 0 Å². The van der Waals surface area contributed by atoms with Crippen LogP contribution < -0.4 is 0 Å².